The molecular weight excluding hydrogens is 518 g/mol. The molecule has 0 bridgehead atoms. The Morgan fingerprint density at radius 1 is 0.857 bits per heavy atom. The second-order valence-electron chi connectivity index (χ2n) is 13.2. The molecule has 224 valence electrons. The lowest BCUT2D eigenvalue weighted by atomic mass is 9.75. The van der Waals surface area contributed by atoms with Crippen molar-refractivity contribution < 1.29 is 14.3 Å². The lowest BCUT2D eigenvalue weighted by Gasteiger charge is -2.37. The van der Waals surface area contributed by atoms with E-state index in [1.807, 2.05) is 75.4 Å². The molecule has 3 aromatic rings. The first-order chi connectivity index (χ1) is 20.1. The van der Waals surface area contributed by atoms with Crippen molar-refractivity contribution in [2.75, 3.05) is 6.61 Å². The Kier molecular flexibility index (Phi) is 11.2. The summed E-state index contributed by atoms with van der Waals surface area (Å²) in [6.45, 7) is 13.3. The van der Waals surface area contributed by atoms with Gasteiger partial charge < -0.3 is 9.47 Å². The number of esters is 1. The van der Waals surface area contributed by atoms with Crippen molar-refractivity contribution in [1.29, 1.82) is 0 Å². The standard InChI is InChI=1S/C38H49NO3/c1-27(2)32-23-22-28(3)26-34(32)41-25-24-33(29-16-10-7-11-17-29)36(37(40)42-38(4,5)6)39-35(30-18-12-8-13-19-30)31-20-14-9-15-21-31/h7-21,27-28,32-34,36H,22-26H2,1-6H3/t28-,32+,33+,34-,36-/m1/s1. The van der Waals surface area contributed by atoms with Gasteiger partial charge in [-0.15, -0.1) is 0 Å². The van der Waals surface area contributed by atoms with Crippen LogP contribution in [0.25, 0.3) is 0 Å². The van der Waals surface area contributed by atoms with Crippen LogP contribution in [0.5, 0.6) is 0 Å². The van der Waals surface area contributed by atoms with Gasteiger partial charge in [0.2, 0.25) is 0 Å². The maximum atomic E-state index is 14.1. The number of nitrogens with zero attached hydrogens (tertiary/aromatic N) is 1. The molecule has 1 aliphatic carbocycles. The van der Waals surface area contributed by atoms with Crippen molar-refractivity contribution in [2.24, 2.45) is 22.7 Å². The molecule has 42 heavy (non-hydrogen) atoms. The van der Waals surface area contributed by atoms with Crippen LogP contribution in [0.4, 0.5) is 0 Å². The largest absolute Gasteiger partial charge is 0.458 e. The summed E-state index contributed by atoms with van der Waals surface area (Å²) in [5.41, 5.74) is 3.16. The lowest BCUT2D eigenvalue weighted by Crippen LogP contribution is -2.37. The molecule has 1 fully saturated rings. The van der Waals surface area contributed by atoms with Crippen molar-refractivity contribution >= 4 is 11.7 Å². The van der Waals surface area contributed by atoms with Gasteiger partial charge in [-0.05, 0) is 63.4 Å². The molecule has 1 aliphatic rings. The molecule has 1 saturated carbocycles. The Labute approximate surface area is 253 Å². The molecule has 0 amide bonds. The van der Waals surface area contributed by atoms with Crippen LogP contribution in [-0.2, 0) is 14.3 Å². The maximum absolute atomic E-state index is 14.1. The van der Waals surface area contributed by atoms with E-state index in [0.29, 0.717) is 30.8 Å². The van der Waals surface area contributed by atoms with E-state index in [0.717, 1.165) is 28.8 Å². The summed E-state index contributed by atoms with van der Waals surface area (Å²) in [4.78, 5) is 19.3. The molecular formula is C38H49NO3. The monoisotopic (exact) mass is 567 g/mol. The molecule has 0 saturated heterocycles. The fourth-order valence-electron chi connectivity index (χ4n) is 6.18. The molecule has 0 aromatic heterocycles. The second kappa shape index (κ2) is 14.8. The summed E-state index contributed by atoms with van der Waals surface area (Å²) in [5.74, 6) is 1.31. The maximum Gasteiger partial charge on any atom is 0.332 e. The number of aliphatic imine (C=N–C) groups is 1. The molecule has 5 atom stereocenters. The first-order valence-corrected chi connectivity index (χ1v) is 15.7. The normalized spacial score (nSPS) is 20.5. The molecule has 4 rings (SSSR count). The van der Waals surface area contributed by atoms with Crippen molar-refractivity contribution in [2.45, 2.75) is 90.9 Å². The molecule has 0 N–H and O–H groups in total. The van der Waals surface area contributed by atoms with E-state index in [4.69, 9.17) is 14.5 Å². The Morgan fingerprint density at radius 2 is 1.40 bits per heavy atom. The van der Waals surface area contributed by atoms with Gasteiger partial charge in [-0.25, -0.2) is 4.79 Å². The zero-order valence-electron chi connectivity index (χ0n) is 26.3. The van der Waals surface area contributed by atoms with Crippen LogP contribution in [0.2, 0.25) is 0 Å². The minimum Gasteiger partial charge on any atom is -0.458 e. The average molecular weight is 568 g/mol. The van der Waals surface area contributed by atoms with Crippen LogP contribution in [0, 0.1) is 17.8 Å². The molecule has 4 heteroatoms. The predicted octanol–water partition coefficient (Wildman–Crippen LogP) is 8.89. The highest BCUT2D eigenvalue weighted by Gasteiger charge is 2.35. The first kappa shape index (κ1) is 31.7. The summed E-state index contributed by atoms with van der Waals surface area (Å²) in [6, 6.07) is 29.8. The van der Waals surface area contributed by atoms with Crippen molar-refractivity contribution in [3.8, 4) is 0 Å². The number of benzene rings is 3. The van der Waals surface area contributed by atoms with Gasteiger partial charge in [0, 0.05) is 23.7 Å². The molecule has 3 aromatic carbocycles. The van der Waals surface area contributed by atoms with Gasteiger partial charge >= 0.3 is 5.97 Å². The summed E-state index contributed by atoms with van der Waals surface area (Å²) < 4.78 is 12.7. The third-order valence-corrected chi connectivity index (χ3v) is 8.34. The Hall–Kier alpha value is -3.24. The fraction of sp³-hybridized carbons (Fsp3) is 0.474. The highest BCUT2D eigenvalue weighted by atomic mass is 16.6. The summed E-state index contributed by atoms with van der Waals surface area (Å²) in [7, 11) is 0. The van der Waals surface area contributed by atoms with E-state index in [2.05, 4.69) is 57.2 Å². The van der Waals surface area contributed by atoms with Crippen LogP contribution in [0.3, 0.4) is 0 Å². The van der Waals surface area contributed by atoms with Gasteiger partial charge in [-0.1, -0.05) is 118 Å². The zero-order chi connectivity index (χ0) is 30.1. The summed E-state index contributed by atoms with van der Waals surface area (Å²) in [6.07, 6.45) is 4.50. The van der Waals surface area contributed by atoms with E-state index in [-0.39, 0.29) is 18.0 Å². The van der Waals surface area contributed by atoms with E-state index < -0.39 is 11.6 Å². The smallest absolute Gasteiger partial charge is 0.332 e. The summed E-state index contributed by atoms with van der Waals surface area (Å²) in [5, 5.41) is 0. The average Bonchev–Trinajstić information content (AvgIpc) is 2.97. The van der Waals surface area contributed by atoms with Crippen molar-refractivity contribution in [3.63, 3.8) is 0 Å². The third kappa shape index (κ3) is 8.88. The molecule has 0 aliphatic heterocycles. The molecule has 4 nitrogen and oxygen atoms in total. The summed E-state index contributed by atoms with van der Waals surface area (Å²) >= 11 is 0. The number of carbonyl (C=O) groups excluding carboxylic acids is 1. The third-order valence-electron chi connectivity index (χ3n) is 8.34. The van der Waals surface area contributed by atoms with Crippen LogP contribution in [0.1, 0.15) is 89.8 Å². The minimum atomic E-state index is -0.739. The highest BCUT2D eigenvalue weighted by molar-refractivity contribution is 6.13. The molecule has 0 radical (unpaired) electrons. The highest BCUT2D eigenvalue weighted by Crippen LogP contribution is 2.36. The van der Waals surface area contributed by atoms with Gasteiger partial charge in [0.05, 0.1) is 11.8 Å². The molecule has 0 heterocycles. The van der Waals surface area contributed by atoms with Crippen molar-refractivity contribution in [3.05, 3.63) is 108 Å². The zero-order valence-corrected chi connectivity index (χ0v) is 26.3. The van der Waals surface area contributed by atoms with Gasteiger partial charge in [-0.3, -0.25) is 4.99 Å². The quantitative estimate of drug-likeness (QED) is 0.172. The Balaban J connectivity index is 1.73. The van der Waals surface area contributed by atoms with Crippen LogP contribution in [-0.4, -0.2) is 36.0 Å². The molecule has 0 spiro atoms. The van der Waals surface area contributed by atoms with Crippen LogP contribution < -0.4 is 0 Å². The fourth-order valence-corrected chi connectivity index (χ4v) is 6.18. The van der Waals surface area contributed by atoms with Gasteiger partial charge in [0.15, 0.2) is 6.04 Å². The topological polar surface area (TPSA) is 47.9 Å². The molecule has 0 unspecified atom stereocenters. The lowest BCUT2D eigenvalue weighted by molar-refractivity contribution is -0.157. The SMILES string of the molecule is CC(C)[C@@H]1CC[C@@H](C)C[C@H]1OCC[C@@H](c1ccccc1)[C@@H](N=C(c1ccccc1)c1ccccc1)C(=O)OC(C)(C)C. The number of ether oxygens (including phenoxy) is 2. The van der Waals surface area contributed by atoms with E-state index in [1.54, 1.807) is 0 Å². The number of rotatable bonds is 11. The Morgan fingerprint density at radius 3 is 1.93 bits per heavy atom. The van der Waals surface area contributed by atoms with Gasteiger partial charge in [-0.2, -0.15) is 0 Å². The van der Waals surface area contributed by atoms with Crippen molar-refractivity contribution in [1.82, 2.24) is 0 Å². The second-order valence-corrected chi connectivity index (χ2v) is 13.2. The van der Waals surface area contributed by atoms with Crippen LogP contribution in [0.15, 0.2) is 96.0 Å². The van der Waals surface area contributed by atoms with E-state index >= 15 is 0 Å². The number of hydrogen-bond donors (Lipinski definition) is 0. The minimum absolute atomic E-state index is 0.206. The van der Waals surface area contributed by atoms with Gasteiger partial charge in [0.1, 0.15) is 5.60 Å². The van der Waals surface area contributed by atoms with E-state index in [1.165, 1.54) is 12.8 Å². The predicted molar refractivity (Wildman–Crippen MR) is 173 cm³/mol. The number of hydrogen-bond acceptors (Lipinski definition) is 4. The number of carbonyl (C=O) groups is 1. The van der Waals surface area contributed by atoms with E-state index in [9.17, 15) is 4.79 Å². The van der Waals surface area contributed by atoms with Gasteiger partial charge in [0.25, 0.3) is 0 Å². The first-order valence-electron chi connectivity index (χ1n) is 15.7. The Bertz CT molecular complexity index is 1220. The van der Waals surface area contributed by atoms with Crippen LogP contribution >= 0.6 is 0 Å².